The fourth-order valence-corrected chi connectivity index (χ4v) is 1.97. The molecule has 0 aromatic rings. The topological polar surface area (TPSA) is 33.6 Å². The Morgan fingerprint density at radius 3 is 3.00 bits per heavy atom. The number of hydrogen-bond acceptors (Lipinski definition) is 3. The summed E-state index contributed by atoms with van der Waals surface area (Å²) >= 11 is 0. The highest BCUT2D eigenvalue weighted by Gasteiger charge is 2.22. The van der Waals surface area contributed by atoms with Crippen molar-refractivity contribution in [2.24, 2.45) is 4.99 Å². The van der Waals surface area contributed by atoms with Crippen molar-refractivity contribution < 1.29 is 4.74 Å². The summed E-state index contributed by atoms with van der Waals surface area (Å²) in [6.45, 7) is 3.98. The van der Waals surface area contributed by atoms with Gasteiger partial charge < -0.3 is 10.1 Å². The molecule has 2 aliphatic heterocycles. The summed E-state index contributed by atoms with van der Waals surface area (Å²) in [7, 11) is 0. The fourth-order valence-electron chi connectivity index (χ4n) is 1.97. The molecule has 0 amide bonds. The molecule has 3 heteroatoms. The van der Waals surface area contributed by atoms with Crippen LogP contribution in [0.25, 0.3) is 0 Å². The number of amidine groups is 1. The quantitative estimate of drug-likeness (QED) is 0.664. The van der Waals surface area contributed by atoms with Gasteiger partial charge in [0.1, 0.15) is 0 Å². The van der Waals surface area contributed by atoms with Crippen LogP contribution in [0.3, 0.4) is 0 Å². The summed E-state index contributed by atoms with van der Waals surface area (Å²) < 4.78 is 5.49. The maximum atomic E-state index is 5.49. The van der Waals surface area contributed by atoms with Crippen molar-refractivity contribution in [3.8, 4) is 0 Å². The van der Waals surface area contributed by atoms with Crippen LogP contribution in [0.5, 0.6) is 0 Å². The SMILES string of the molecule is CC1CC(NC2=NCCCC2)CO1. The predicted octanol–water partition coefficient (Wildman–Crippen LogP) is 1.34. The van der Waals surface area contributed by atoms with E-state index in [4.69, 9.17) is 4.74 Å². The normalized spacial score (nSPS) is 34.4. The first kappa shape index (κ1) is 9.00. The van der Waals surface area contributed by atoms with E-state index in [0.717, 1.165) is 26.0 Å². The number of ether oxygens (including phenoxy) is 1. The fraction of sp³-hybridized carbons (Fsp3) is 0.900. The van der Waals surface area contributed by atoms with Crippen LogP contribution >= 0.6 is 0 Å². The Morgan fingerprint density at radius 1 is 1.46 bits per heavy atom. The van der Waals surface area contributed by atoms with Crippen molar-refractivity contribution in [2.75, 3.05) is 13.2 Å². The molecule has 3 nitrogen and oxygen atoms in total. The summed E-state index contributed by atoms with van der Waals surface area (Å²) in [4.78, 5) is 4.47. The number of nitrogens with one attached hydrogen (secondary N) is 1. The lowest BCUT2D eigenvalue weighted by Gasteiger charge is -2.17. The molecular weight excluding hydrogens is 164 g/mol. The van der Waals surface area contributed by atoms with E-state index in [1.54, 1.807) is 0 Å². The van der Waals surface area contributed by atoms with Gasteiger partial charge in [0.15, 0.2) is 0 Å². The van der Waals surface area contributed by atoms with Crippen LogP contribution in [0.2, 0.25) is 0 Å². The number of nitrogens with zero attached hydrogens (tertiary/aromatic N) is 1. The lowest BCUT2D eigenvalue weighted by molar-refractivity contribution is 0.123. The van der Waals surface area contributed by atoms with Gasteiger partial charge in [0.05, 0.1) is 24.6 Å². The van der Waals surface area contributed by atoms with Gasteiger partial charge >= 0.3 is 0 Å². The van der Waals surface area contributed by atoms with Crippen molar-refractivity contribution in [2.45, 2.75) is 44.8 Å². The Morgan fingerprint density at radius 2 is 2.38 bits per heavy atom. The first-order chi connectivity index (χ1) is 6.34. The third-order valence-corrected chi connectivity index (χ3v) is 2.69. The summed E-state index contributed by atoms with van der Waals surface area (Å²) in [6, 6.07) is 0.506. The molecule has 1 saturated heterocycles. The molecule has 2 unspecified atom stereocenters. The Balaban J connectivity index is 1.80. The smallest absolute Gasteiger partial charge is 0.0966 e. The zero-order valence-corrected chi connectivity index (χ0v) is 8.25. The maximum absolute atomic E-state index is 5.49. The minimum Gasteiger partial charge on any atom is -0.376 e. The van der Waals surface area contributed by atoms with E-state index in [2.05, 4.69) is 17.2 Å². The monoisotopic (exact) mass is 182 g/mol. The highest BCUT2D eigenvalue weighted by atomic mass is 16.5. The van der Waals surface area contributed by atoms with Gasteiger partial charge in [-0.25, -0.2) is 0 Å². The number of aliphatic imine (C=N–C) groups is 1. The zero-order chi connectivity index (χ0) is 9.10. The molecule has 2 rings (SSSR count). The van der Waals surface area contributed by atoms with Gasteiger partial charge in [0.2, 0.25) is 0 Å². The standard InChI is InChI=1S/C10H18N2O/c1-8-6-9(7-13-8)12-10-4-2-3-5-11-10/h8-9H,2-7H2,1H3,(H,11,12). The molecule has 0 aliphatic carbocycles. The van der Waals surface area contributed by atoms with Crippen molar-refractivity contribution in [3.05, 3.63) is 0 Å². The number of rotatable bonds is 1. The van der Waals surface area contributed by atoms with Gasteiger partial charge in [0.25, 0.3) is 0 Å². The Bertz CT molecular complexity index is 203. The molecule has 0 radical (unpaired) electrons. The lowest BCUT2D eigenvalue weighted by atomic mass is 10.1. The molecule has 2 atom stereocenters. The van der Waals surface area contributed by atoms with Gasteiger partial charge in [-0.2, -0.15) is 0 Å². The molecule has 0 aromatic heterocycles. The molecule has 13 heavy (non-hydrogen) atoms. The van der Waals surface area contributed by atoms with E-state index in [1.807, 2.05) is 0 Å². The summed E-state index contributed by atoms with van der Waals surface area (Å²) in [5.74, 6) is 1.20. The molecule has 0 spiro atoms. The second kappa shape index (κ2) is 4.09. The zero-order valence-electron chi connectivity index (χ0n) is 8.25. The second-order valence-electron chi connectivity index (χ2n) is 4.01. The Labute approximate surface area is 79.6 Å². The highest BCUT2D eigenvalue weighted by molar-refractivity contribution is 5.82. The van der Waals surface area contributed by atoms with Crippen molar-refractivity contribution >= 4 is 5.84 Å². The summed E-state index contributed by atoms with van der Waals surface area (Å²) in [6.07, 6.45) is 5.21. The van der Waals surface area contributed by atoms with E-state index in [-0.39, 0.29) is 0 Å². The first-order valence-electron chi connectivity index (χ1n) is 5.26. The molecular formula is C10H18N2O. The van der Waals surface area contributed by atoms with Crippen LogP contribution in [-0.4, -0.2) is 31.1 Å². The Hall–Kier alpha value is -0.570. The maximum Gasteiger partial charge on any atom is 0.0966 e. The van der Waals surface area contributed by atoms with Crippen LogP contribution in [0.15, 0.2) is 4.99 Å². The molecule has 1 fully saturated rings. The molecule has 2 heterocycles. The molecule has 2 aliphatic rings. The minimum absolute atomic E-state index is 0.418. The van der Waals surface area contributed by atoms with Gasteiger partial charge in [-0.05, 0) is 26.2 Å². The van der Waals surface area contributed by atoms with Gasteiger partial charge in [0, 0.05) is 13.0 Å². The highest BCUT2D eigenvalue weighted by Crippen LogP contribution is 2.13. The van der Waals surface area contributed by atoms with Gasteiger partial charge in [-0.3, -0.25) is 4.99 Å². The van der Waals surface area contributed by atoms with E-state index in [1.165, 1.54) is 18.7 Å². The molecule has 0 bridgehead atoms. The second-order valence-corrected chi connectivity index (χ2v) is 4.01. The van der Waals surface area contributed by atoms with Crippen molar-refractivity contribution in [1.82, 2.24) is 5.32 Å². The van der Waals surface area contributed by atoms with Crippen LogP contribution in [0.1, 0.15) is 32.6 Å². The molecule has 1 N–H and O–H groups in total. The molecule has 0 aromatic carbocycles. The van der Waals surface area contributed by atoms with Crippen LogP contribution in [-0.2, 0) is 4.74 Å². The third-order valence-electron chi connectivity index (χ3n) is 2.69. The van der Waals surface area contributed by atoms with Crippen LogP contribution in [0.4, 0.5) is 0 Å². The van der Waals surface area contributed by atoms with Gasteiger partial charge in [-0.15, -0.1) is 0 Å². The Kier molecular flexibility index (Phi) is 2.83. The summed E-state index contributed by atoms with van der Waals surface area (Å²) in [5, 5.41) is 3.47. The van der Waals surface area contributed by atoms with E-state index >= 15 is 0 Å². The summed E-state index contributed by atoms with van der Waals surface area (Å²) in [5.41, 5.74) is 0. The van der Waals surface area contributed by atoms with Gasteiger partial charge in [-0.1, -0.05) is 0 Å². The van der Waals surface area contributed by atoms with E-state index in [9.17, 15) is 0 Å². The minimum atomic E-state index is 0.418. The average molecular weight is 182 g/mol. The third kappa shape index (κ3) is 2.44. The van der Waals surface area contributed by atoms with Crippen molar-refractivity contribution in [1.29, 1.82) is 0 Å². The van der Waals surface area contributed by atoms with E-state index < -0.39 is 0 Å². The largest absolute Gasteiger partial charge is 0.376 e. The van der Waals surface area contributed by atoms with Crippen molar-refractivity contribution in [3.63, 3.8) is 0 Å². The molecule has 74 valence electrons. The van der Waals surface area contributed by atoms with E-state index in [0.29, 0.717) is 12.1 Å². The average Bonchev–Trinajstić information content (AvgIpc) is 2.53. The van der Waals surface area contributed by atoms with Crippen LogP contribution in [0, 0.1) is 0 Å². The first-order valence-corrected chi connectivity index (χ1v) is 5.26. The predicted molar refractivity (Wildman–Crippen MR) is 53.1 cm³/mol. The number of hydrogen-bond donors (Lipinski definition) is 1. The molecule has 0 saturated carbocycles. The van der Waals surface area contributed by atoms with Crippen LogP contribution < -0.4 is 5.32 Å². The lowest BCUT2D eigenvalue weighted by Crippen LogP contribution is -2.36.